The van der Waals surface area contributed by atoms with Crippen molar-refractivity contribution in [2.75, 3.05) is 18.5 Å². The number of carbonyl (C=O) groups excluding carboxylic acids is 5. The normalized spacial score (nSPS) is 14.1. The third-order valence-electron chi connectivity index (χ3n) is 5.46. The van der Waals surface area contributed by atoms with Gasteiger partial charge >= 0.3 is 5.97 Å². The molecule has 0 spiro atoms. The number of ether oxygens (including phenoxy) is 1. The molecule has 1 saturated heterocycles. The molecule has 8 nitrogen and oxygen atoms in total. The fourth-order valence-corrected chi connectivity index (χ4v) is 4.39. The fraction of sp³-hybridized carbons (Fsp3) is 0.107. The van der Waals surface area contributed by atoms with E-state index in [-0.39, 0.29) is 22.8 Å². The van der Waals surface area contributed by atoms with Crippen LogP contribution < -0.4 is 5.32 Å². The van der Waals surface area contributed by atoms with E-state index in [1.807, 2.05) is 19.1 Å². The summed E-state index contributed by atoms with van der Waals surface area (Å²) in [7, 11) is 0. The molecule has 192 valence electrons. The van der Waals surface area contributed by atoms with Crippen LogP contribution in [-0.4, -0.2) is 46.9 Å². The summed E-state index contributed by atoms with van der Waals surface area (Å²) in [5, 5.41) is 2.57. The van der Waals surface area contributed by atoms with E-state index in [4.69, 9.17) is 16.3 Å². The molecule has 1 aliphatic rings. The van der Waals surface area contributed by atoms with Crippen LogP contribution in [0.25, 0.3) is 6.08 Å². The zero-order chi connectivity index (χ0) is 27.2. The van der Waals surface area contributed by atoms with Gasteiger partial charge in [-0.05, 0) is 78.9 Å². The van der Waals surface area contributed by atoms with E-state index in [0.29, 0.717) is 21.8 Å². The largest absolute Gasteiger partial charge is 0.452 e. The lowest BCUT2D eigenvalue weighted by atomic mass is 10.1. The zero-order valence-electron chi connectivity index (χ0n) is 20.1. The van der Waals surface area contributed by atoms with Crippen LogP contribution in [0.4, 0.5) is 10.5 Å². The molecule has 1 N–H and O–H groups in total. The number of hydrogen-bond donors (Lipinski definition) is 1. The molecule has 3 aromatic rings. The van der Waals surface area contributed by atoms with Gasteiger partial charge in [-0.15, -0.1) is 0 Å². The summed E-state index contributed by atoms with van der Waals surface area (Å²) in [6, 6.07) is 19.5. The van der Waals surface area contributed by atoms with Crippen molar-refractivity contribution >= 4 is 63.9 Å². The predicted octanol–water partition coefficient (Wildman–Crippen LogP) is 5.36. The number of esters is 1. The maximum Gasteiger partial charge on any atom is 0.338 e. The number of aryl methyl sites for hydroxylation is 1. The molecule has 4 rings (SSSR count). The number of halogens is 1. The number of amides is 3. The van der Waals surface area contributed by atoms with Gasteiger partial charge in [-0.3, -0.25) is 24.1 Å². The number of hydrogen-bond acceptors (Lipinski definition) is 7. The number of Topliss-reactive ketones (excluding diaryl/α,β-unsaturated/α-hetero) is 1. The number of imide groups is 1. The van der Waals surface area contributed by atoms with Crippen LogP contribution in [0.15, 0.2) is 77.7 Å². The van der Waals surface area contributed by atoms with Gasteiger partial charge < -0.3 is 10.1 Å². The summed E-state index contributed by atoms with van der Waals surface area (Å²) < 4.78 is 5.07. The van der Waals surface area contributed by atoms with Crippen LogP contribution in [0.1, 0.15) is 31.8 Å². The van der Waals surface area contributed by atoms with Gasteiger partial charge in [0.05, 0.1) is 17.0 Å². The van der Waals surface area contributed by atoms with Gasteiger partial charge in [0.25, 0.3) is 17.1 Å². The van der Waals surface area contributed by atoms with Crippen LogP contribution in [-0.2, 0) is 14.3 Å². The van der Waals surface area contributed by atoms with Gasteiger partial charge in [0.1, 0.15) is 0 Å². The van der Waals surface area contributed by atoms with E-state index >= 15 is 0 Å². The topological polar surface area (TPSA) is 110 Å². The molecule has 0 aromatic heterocycles. The smallest absolute Gasteiger partial charge is 0.338 e. The van der Waals surface area contributed by atoms with Gasteiger partial charge in [-0.1, -0.05) is 41.4 Å². The summed E-state index contributed by atoms with van der Waals surface area (Å²) in [6.07, 6.45) is 1.50. The number of rotatable bonds is 8. The Hall–Kier alpha value is -4.21. The number of carbonyl (C=O) groups is 5. The number of nitrogens with zero attached hydrogens (tertiary/aromatic N) is 1. The second-order valence-corrected chi connectivity index (χ2v) is 9.74. The van der Waals surface area contributed by atoms with Crippen molar-refractivity contribution in [1.29, 1.82) is 0 Å². The average Bonchev–Trinajstić information content (AvgIpc) is 3.16. The van der Waals surface area contributed by atoms with Crippen molar-refractivity contribution in [3.05, 3.63) is 105 Å². The van der Waals surface area contributed by atoms with E-state index in [1.165, 1.54) is 30.3 Å². The maximum absolute atomic E-state index is 12.7. The highest BCUT2D eigenvalue weighted by atomic mass is 35.5. The van der Waals surface area contributed by atoms with Crippen molar-refractivity contribution in [2.45, 2.75) is 6.92 Å². The summed E-state index contributed by atoms with van der Waals surface area (Å²) >= 11 is 6.56. The molecule has 0 atom stereocenters. The number of thioether (sulfide) groups is 1. The Bertz CT molecular complexity index is 1430. The quantitative estimate of drug-likeness (QED) is 0.229. The summed E-state index contributed by atoms with van der Waals surface area (Å²) in [5.74, 6) is -2.12. The van der Waals surface area contributed by atoms with Crippen LogP contribution in [0.3, 0.4) is 0 Å². The Morgan fingerprint density at radius 2 is 1.55 bits per heavy atom. The fourth-order valence-electron chi connectivity index (χ4n) is 3.42. The van der Waals surface area contributed by atoms with E-state index < -0.39 is 29.6 Å². The lowest BCUT2D eigenvalue weighted by Crippen LogP contribution is -2.33. The Morgan fingerprint density at radius 1 is 0.921 bits per heavy atom. The molecular formula is C28H21ClN2O6S. The standard InChI is InChI=1S/C28H21ClN2O6S/c1-17-2-12-22(13-3-17)30-25(33)16-37-27(35)20-6-4-18(5-7-20)14-24-26(34)31(28(36)38-24)15-23(32)19-8-10-21(29)11-9-19/h2-14H,15-16H2,1H3,(H,30,33)/b24-14-. The van der Waals surface area contributed by atoms with Crippen LogP contribution in [0.2, 0.25) is 5.02 Å². The highest BCUT2D eigenvalue weighted by Crippen LogP contribution is 2.32. The minimum absolute atomic E-state index is 0.155. The molecule has 0 unspecified atom stereocenters. The molecule has 1 aliphatic heterocycles. The Balaban J connectivity index is 1.32. The second kappa shape index (κ2) is 11.9. The predicted molar refractivity (Wildman–Crippen MR) is 145 cm³/mol. The first kappa shape index (κ1) is 26.8. The molecule has 38 heavy (non-hydrogen) atoms. The summed E-state index contributed by atoms with van der Waals surface area (Å²) in [4.78, 5) is 63.0. The molecule has 0 saturated carbocycles. The van der Waals surface area contributed by atoms with Gasteiger partial charge in [0.15, 0.2) is 12.4 Å². The first-order valence-corrected chi connectivity index (χ1v) is 12.6. The van der Waals surface area contributed by atoms with Crippen LogP contribution in [0.5, 0.6) is 0 Å². The lowest BCUT2D eigenvalue weighted by molar-refractivity contribution is -0.122. The van der Waals surface area contributed by atoms with Crippen LogP contribution in [0, 0.1) is 6.92 Å². The third-order valence-corrected chi connectivity index (χ3v) is 6.61. The first-order chi connectivity index (χ1) is 18.2. The van der Waals surface area contributed by atoms with E-state index in [0.717, 1.165) is 22.2 Å². The SMILES string of the molecule is Cc1ccc(NC(=O)COC(=O)c2ccc(/C=C3\SC(=O)N(CC(=O)c4ccc(Cl)cc4)C3=O)cc2)cc1. The molecule has 0 radical (unpaired) electrons. The third kappa shape index (κ3) is 6.76. The van der Waals surface area contributed by atoms with Gasteiger partial charge in [-0.2, -0.15) is 0 Å². The molecule has 10 heteroatoms. The van der Waals surface area contributed by atoms with Crippen molar-refractivity contribution in [3.63, 3.8) is 0 Å². The van der Waals surface area contributed by atoms with Crippen molar-refractivity contribution in [2.24, 2.45) is 0 Å². The lowest BCUT2D eigenvalue weighted by Gasteiger charge is -2.11. The highest BCUT2D eigenvalue weighted by molar-refractivity contribution is 8.18. The monoisotopic (exact) mass is 548 g/mol. The Kier molecular flexibility index (Phi) is 8.40. The maximum atomic E-state index is 12.7. The van der Waals surface area contributed by atoms with Gasteiger partial charge in [0, 0.05) is 16.3 Å². The summed E-state index contributed by atoms with van der Waals surface area (Å²) in [5.41, 5.74) is 2.77. The minimum Gasteiger partial charge on any atom is -0.452 e. The highest BCUT2D eigenvalue weighted by Gasteiger charge is 2.36. The first-order valence-electron chi connectivity index (χ1n) is 11.4. The van der Waals surface area contributed by atoms with E-state index in [9.17, 15) is 24.0 Å². The minimum atomic E-state index is -0.684. The van der Waals surface area contributed by atoms with Gasteiger partial charge in [-0.25, -0.2) is 4.79 Å². The molecular weight excluding hydrogens is 528 g/mol. The Morgan fingerprint density at radius 3 is 2.21 bits per heavy atom. The molecule has 0 aliphatic carbocycles. The summed E-state index contributed by atoms with van der Waals surface area (Å²) in [6.45, 7) is 1.10. The number of anilines is 1. The van der Waals surface area contributed by atoms with Gasteiger partial charge in [0.2, 0.25) is 0 Å². The van der Waals surface area contributed by atoms with E-state index in [1.54, 1.807) is 36.4 Å². The second-order valence-electron chi connectivity index (χ2n) is 8.31. The molecule has 1 fully saturated rings. The Labute approximate surface area is 227 Å². The number of ketones is 1. The van der Waals surface area contributed by atoms with Crippen LogP contribution >= 0.6 is 23.4 Å². The van der Waals surface area contributed by atoms with Crippen molar-refractivity contribution in [3.8, 4) is 0 Å². The zero-order valence-corrected chi connectivity index (χ0v) is 21.7. The number of benzene rings is 3. The number of nitrogens with one attached hydrogen (secondary N) is 1. The van der Waals surface area contributed by atoms with E-state index in [2.05, 4.69) is 5.32 Å². The molecule has 0 bridgehead atoms. The average molecular weight is 549 g/mol. The van der Waals surface area contributed by atoms with Crippen molar-refractivity contribution in [1.82, 2.24) is 4.90 Å². The molecule has 1 heterocycles. The van der Waals surface area contributed by atoms with Crippen molar-refractivity contribution < 1.29 is 28.7 Å². The molecule has 3 amide bonds. The molecule has 3 aromatic carbocycles.